The van der Waals surface area contributed by atoms with Gasteiger partial charge in [0.25, 0.3) is 5.91 Å². The second-order valence-electron chi connectivity index (χ2n) is 6.85. The lowest BCUT2D eigenvalue weighted by Crippen LogP contribution is -2.42. The van der Waals surface area contributed by atoms with E-state index >= 15 is 0 Å². The maximum absolute atomic E-state index is 13.5. The largest absolute Gasteiger partial charge is 0.350 e. The summed E-state index contributed by atoms with van der Waals surface area (Å²) in [6.45, 7) is 2.20. The highest BCUT2D eigenvalue weighted by molar-refractivity contribution is 5.94. The molecule has 0 aromatic heterocycles. The molecule has 1 saturated carbocycles. The molecule has 27 heavy (non-hydrogen) atoms. The number of carbonyl (C=O) groups is 2. The number of nitrogens with one attached hydrogen (secondary N) is 3. The second kappa shape index (κ2) is 8.66. The van der Waals surface area contributed by atoms with Crippen LogP contribution in [-0.2, 0) is 0 Å². The molecular weight excluding hydrogens is 345 g/mol. The zero-order valence-electron chi connectivity index (χ0n) is 15.3. The summed E-state index contributed by atoms with van der Waals surface area (Å²) in [7, 11) is 0. The molecule has 1 unspecified atom stereocenters. The molecule has 6 heteroatoms. The number of benzene rings is 2. The van der Waals surface area contributed by atoms with Gasteiger partial charge < -0.3 is 16.0 Å². The number of halogens is 1. The van der Waals surface area contributed by atoms with Crippen molar-refractivity contribution in [3.63, 3.8) is 0 Å². The van der Waals surface area contributed by atoms with E-state index in [1.54, 1.807) is 19.1 Å². The van der Waals surface area contributed by atoms with E-state index in [4.69, 9.17) is 0 Å². The minimum atomic E-state index is -0.410. The molecule has 142 valence electrons. The summed E-state index contributed by atoms with van der Waals surface area (Å²) in [6.07, 6.45) is 2.23. The van der Waals surface area contributed by atoms with Crippen LogP contribution in [0.5, 0.6) is 0 Å². The molecule has 3 N–H and O–H groups in total. The van der Waals surface area contributed by atoms with Crippen LogP contribution in [0.4, 0.5) is 9.18 Å². The zero-order chi connectivity index (χ0) is 19.2. The minimum absolute atomic E-state index is 0.0105. The number of aryl methyl sites for hydroxylation is 1. The first-order valence-electron chi connectivity index (χ1n) is 9.18. The molecule has 0 spiro atoms. The highest BCUT2D eigenvalue weighted by Gasteiger charge is 2.33. The molecule has 1 atom stereocenters. The van der Waals surface area contributed by atoms with E-state index < -0.39 is 5.82 Å². The Morgan fingerprint density at radius 2 is 1.78 bits per heavy atom. The average Bonchev–Trinajstić information content (AvgIpc) is 3.51. The number of carbonyl (C=O) groups excluding carboxylic acids is 2. The third kappa shape index (κ3) is 5.29. The minimum Gasteiger partial charge on any atom is -0.350 e. The molecule has 3 rings (SSSR count). The van der Waals surface area contributed by atoms with E-state index in [2.05, 4.69) is 16.0 Å². The van der Waals surface area contributed by atoms with Crippen molar-refractivity contribution in [2.24, 2.45) is 5.92 Å². The first-order chi connectivity index (χ1) is 13.0. The SMILES string of the molecule is Cc1ccc(C(=O)NCCNC(=O)NC(c2ccccc2)C2CC2)cc1F. The van der Waals surface area contributed by atoms with Crippen molar-refractivity contribution in [2.45, 2.75) is 25.8 Å². The van der Waals surface area contributed by atoms with Gasteiger partial charge in [-0.3, -0.25) is 4.79 Å². The lowest BCUT2D eigenvalue weighted by molar-refractivity contribution is 0.0953. The highest BCUT2D eigenvalue weighted by Crippen LogP contribution is 2.40. The molecule has 2 aromatic rings. The Hall–Kier alpha value is -2.89. The van der Waals surface area contributed by atoms with Crippen molar-refractivity contribution in [2.75, 3.05) is 13.1 Å². The molecular formula is C21H24FN3O2. The fourth-order valence-electron chi connectivity index (χ4n) is 2.94. The van der Waals surface area contributed by atoms with Gasteiger partial charge in [-0.15, -0.1) is 0 Å². The standard InChI is InChI=1S/C21H24FN3O2/c1-14-7-8-17(13-18(14)22)20(26)23-11-12-24-21(27)25-19(16-9-10-16)15-5-3-2-4-6-15/h2-8,13,16,19H,9-12H2,1H3,(H,23,26)(H2,24,25,27). The van der Waals surface area contributed by atoms with Crippen LogP contribution in [0.15, 0.2) is 48.5 Å². The van der Waals surface area contributed by atoms with Crippen LogP contribution in [0.25, 0.3) is 0 Å². The van der Waals surface area contributed by atoms with Gasteiger partial charge in [-0.2, -0.15) is 0 Å². The van der Waals surface area contributed by atoms with Gasteiger partial charge in [-0.1, -0.05) is 36.4 Å². The van der Waals surface area contributed by atoms with Crippen molar-refractivity contribution in [1.29, 1.82) is 0 Å². The molecule has 0 radical (unpaired) electrons. The molecule has 1 aliphatic rings. The summed E-state index contributed by atoms with van der Waals surface area (Å²) in [5.74, 6) is -0.294. The van der Waals surface area contributed by atoms with Gasteiger partial charge in [0.05, 0.1) is 6.04 Å². The fourth-order valence-corrected chi connectivity index (χ4v) is 2.94. The summed E-state index contributed by atoms with van der Waals surface area (Å²) in [5, 5.41) is 8.44. The molecule has 2 aromatic carbocycles. The Bertz CT molecular complexity index is 806. The first kappa shape index (κ1) is 18.9. The zero-order valence-corrected chi connectivity index (χ0v) is 15.3. The molecule has 5 nitrogen and oxygen atoms in total. The van der Waals surface area contributed by atoms with Crippen LogP contribution in [0.2, 0.25) is 0 Å². The van der Waals surface area contributed by atoms with E-state index in [9.17, 15) is 14.0 Å². The number of urea groups is 1. The molecule has 0 aliphatic heterocycles. The monoisotopic (exact) mass is 369 g/mol. The van der Waals surface area contributed by atoms with Gasteiger partial charge in [0.2, 0.25) is 0 Å². The summed E-state index contributed by atoms with van der Waals surface area (Å²) in [4.78, 5) is 24.2. The number of hydrogen-bond acceptors (Lipinski definition) is 2. The predicted molar refractivity (Wildman–Crippen MR) is 102 cm³/mol. The Kier molecular flexibility index (Phi) is 6.06. The third-order valence-corrected chi connectivity index (χ3v) is 4.67. The lowest BCUT2D eigenvalue weighted by atomic mass is 10.0. The summed E-state index contributed by atoms with van der Waals surface area (Å²) < 4.78 is 13.5. The van der Waals surface area contributed by atoms with Gasteiger partial charge in [0, 0.05) is 18.7 Å². The summed E-state index contributed by atoms with van der Waals surface area (Å²) in [6, 6.07) is 14.0. The van der Waals surface area contributed by atoms with Crippen molar-refractivity contribution >= 4 is 11.9 Å². The summed E-state index contributed by atoms with van der Waals surface area (Å²) in [5.41, 5.74) is 1.86. The smallest absolute Gasteiger partial charge is 0.315 e. The predicted octanol–water partition coefficient (Wildman–Crippen LogP) is 3.31. The van der Waals surface area contributed by atoms with E-state index in [-0.39, 0.29) is 36.6 Å². The van der Waals surface area contributed by atoms with Crippen LogP contribution in [0.1, 0.15) is 40.4 Å². The van der Waals surface area contributed by atoms with E-state index in [1.165, 1.54) is 6.07 Å². The van der Waals surface area contributed by atoms with Crippen molar-refractivity contribution < 1.29 is 14.0 Å². The topological polar surface area (TPSA) is 70.2 Å². The van der Waals surface area contributed by atoms with Crippen LogP contribution in [0, 0.1) is 18.7 Å². The Labute approximate surface area is 158 Å². The maximum Gasteiger partial charge on any atom is 0.315 e. The molecule has 1 aliphatic carbocycles. The van der Waals surface area contributed by atoms with Crippen molar-refractivity contribution in [1.82, 2.24) is 16.0 Å². The molecule has 1 fully saturated rings. The van der Waals surface area contributed by atoms with Crippen LogP contribution < -0.4 is 16.0 Å². The van der Waals surface area contributed by atoms with Gasteiger partial charge in [0.15, 0.2) is 0 Å². The Morgan fingerprint density at radius 1 is 1.07 bits per heavy atom. The molecule has 3 amide bonds. The number of amides is 3. The van der Waals surface area contributed by atoms with E-state index in [0.29, 0.717) is 11.5 Å². The Balaban J connectivity index is 1.42. The van der Waals surface area contributed by atoms with Gasteiger partial charge >= 0.3 is 6.03 Å². The van der Waals surface area contributed by atoms with Crippen LogP contribution in [-0.4, -0.2) is 25.0 Å². The molecule has 0 heterocycles. The van der Waals surface area contributed by atoms with E-state index in [0.717, 1.165) is 18.4 Å². The quantitative estimate of drug-likeness (QED) is 0.655. The number of rotatable bonds is 7. The van der Waals surface area contributed by atoms with Crippen molar-refractivity contribution in [3.05, 3.63) is 71.0 Å². The second-order valence-corrected chi connectivity index (χ2v) is 6.85. The van der Waals surface area contributed by atoms with Gasteiger partial charge in [0.1, 0.15) is 5.82 Å². The van der Waals surface area contributed by atoms with Crippen LogP contribution >= 0.6 is 0 Å². The Morgan fingerprint density at radius 3 is 2.44 bits per heavy atom. The lowest BCUT2D eigenvalue weighted by Gasteiger charge is -2.19. The van der Waals surface area contributed by atoms with Gasteiger partial charge in [-0.25, -0.2) is 9.18 Å². The van der Waals surface area contributed by atoms with Crippen molar-refractivity contribution in [3.8, 4) is 0 Å². The number of hydrogen-bond donors (Lipinski definition) is 3. The van der Waals surface area contributed by atoms with E-state index in [1.807, 2.05) is 30.3 Å². The molecule has 0 bridgehead atoms. The average molecular weight is 369 g/mol. The normalized spacial score (nSPS) is 14.3. The third-order valence-electron chi connectivity index (χ3n) is 4.67. The molecule has 0 saturated heterocycles. The van der Waals surface area contributed by atoms with Gasteiger partial charge in [-0.05, 0) is 48.9 Å². The maximum atomic E-state index is 13.5. The fraction of sp³-hybridized carbons (Fsp3) is 0.333. The van der Waals surface area contributed by atoms with Crippen LogP contribution in [0.3, 0.4) is 0 Å². The summed E-state index contributed by atoms with van der Waals surface area (Å²) >= 11 is 0. The highest BCUT2D eigenvalue weighted by atomic mass is 19.1. The first-order valence-corrected chi connectivity index (χ1v) is 9.18.